The summed E-state index contributed by atoms with van der Waals surface area (Å²) in [6.07, 6.45) is 8.16. The van der Waals surface area contributed by atoms with E-state index in [1.165, 1.54) is 10.8 Å². The van der Waals surface area contributed by atoms with Crippen LogP contribution in [0.4, 0.5) is 0 Å². The smallest absolute Gasteiger partial charge is 0.164 e. The summed E-state index contributed by atoms with van der Waals surface area (Å²) in [6, 6.07) is 59.3. The fraction of sp³-hybridized carbons (Fsp3) is 0.0192. The zero-order valence-electron chi connectivity index (χ0n) is 30.7. The summed E-state index contributed by atoms with van der Waals surface area (Å²) >= 11 is 0. The van der Waals surface area contributed by atoms with E-state index in [9.17, 15) is 0 Å². The van der Waals surface area contributed by atoms with Crippen LogP contribution < -0.4 is 0 Å². The third kappa shape index (κ3) is 5.94. The molecule has 2 heterocycles. The number of allylic oxidation sites excluding steroid dienone is 3. The molecule has 264 valence electrons. The first kappa shape index (κ1) is 33.2. The highest BCUT2D eigenvalue weighted by Crippen LogP contribution is 2.45. The van der Waals surface area contributed by atoms with Crippen LogP contribution in [0, 0.1) is 0 Å². The Morgan fingerprint density at radius 2 is 1.02 bits per heavy atom. The number of fused-ring (bicyclic) bond motifs is 5. The molecule has 0 spiro atoms. The minimum Gasteiger partial charge on any atom is -0.455 e. The first-order valence-electron chi connectivity index (χ1n) is 18.9. The van der Waals surface area contributed by atoms with E-state index >= 15 is 0 Å². The predicted molar refractivity (Wildman–Crippen MR) is 233 cm³/mol. The van der Waals surface area contributed by atoms with Gasteiger partial charge in [-0.1, -0.05) is 170 Å². The highest BCUT2D eigenvalue weighted by Gasteiger charge is 2.21. The minimum absolute atomic E-state index is 0.624. The van der Waals surface area contributed by atoms with E-state index < -0.39 is 0 Å². The van der Waals surface area contributed by atoms with E-state index in [0.29, 0.717) is 17.5 Å². The molecule has 0 aliphatic rings. The van der Waals surface area contributed by atoms with E-state index in [2.05, 4.69) is 140 Å². The van der Waals surface area contributed by atoms with Crippen LogP contribution in [-0.4, -0.2) is 15.0 Å². The largest absolute Gasteiger partial charge is 0.455 e. The van der Waals surface area contributed by atoms with E-state index in [1.807, 2.05) is 61.5 Å². The Morgan fingerprint density at radius 3 is 1.80 bits per heavy atom. The van der Waals surface area contributed by atoms with Crippen LogP contribution >= 0.6 is 0 Å². The van der Waals surface area contributed by atoms with Crippen LogP contribution in [0.25, 0.3) is 106 Å². The quantitative estimate of drug-likeness (QED) is 0.154. The monoisotopic (exact) mass is 717 g/mol. The Balaban J connectivity index is 1.15. The fourth-order valence-electron chi connectivity index (χ4n) is 7.73. The van der Waals surface area contributed by atoms with Crippen molar-refractivity contribution >= 4 is 49.6 Å². The first-order valence-corrected chi connectivity index (χ1v) is 18.9. The summed E-state index contributed by atoms with van der Waals surface area (Å²) in [5.74, 6) is 1.88. The standard InChI is InChI=1S/C52H35N3O/c1-2-3-5-14-34-23-25-37(26-24-34)51-53-50(36-16-6-4-7-17-36)54-52(55-51)45-32-30-43(41-19-10-11-20-42(41)45)44-31-29-40(39-28-27-35-15-8-9-18-38(35)33-39)49-48(44)46-21-12-13-22-47(46)56-49/h2-33H,1H3/b3-2-,14-5-. The molecule has 56 heavy (non-hydrogen) atoms. The second kappa shape index (κ2) is 14.1. The van der Waals surface area contributed by atoms with Gasteiger partial charge < -0.3 is 4.42 Å². The van der Waals surface area contributed by atoms with Crippen LogP contribution in [0.15, 0.2) is 193 Å². The highest BCUT2D eigenvalue weighted by atomic mass is 16.3. The lowest BCUT2D eigenvalue weighted by atomic mass is 9.90. The van der Waals surface area contributed by atoms with Crippen molar-refractivity contribution in [1.29, 1.82) is 0 Å². The Labute approximate surface area is 324 Å². The number of benzene rings is 8. The second-order valence-electron chi connectivity index (χ2n) is 13.9. The molecule has 0 saturated heterocycles. The molecule has 0 fully saturated rings. The first-order chi connectivity index (χ1) is 27.7. The maximum absolute atomic E-state index is 6.73. The van der Waals surface area contributed by atoms with E-state index in [1.54, 1.807) is 0 Å². The number of hydrogen-bond donors (Lipinski definition) is 0. The number of furan rings is 1. The molecule has 10 rings (SSSR count). The topological polar surface area (TPSA) is 51.8 Å². The molecular formula is C52H35N3O. The zero-order valence-corrected chi connectivity index (χ0v) is 30.7. The highest BCUT2D eigenvalue weighted by molar-refractivity contribution is 6.19. The number of aromatic nitrogens is 3. The molecule has 0 aliphatic heterocycles. The predicted octanol–water partition coefficient (Wildman–Crippen LogP) is 14.0. The minimum atomic E-state index is 0.624. The maximum atomic E-state index is 6.73. The zero-order chi connectivity index (χ0) is 37.4. The normalized spacial score (nSPS) is 11.9. The molecule has 8 aromatic carbocycles. The maximum Gasteiger partial charge on any atom is 0.164 e. The van der Waals surface area contributed by atoms with Gasteiger partial charge in [-0.05, 0) is 75.0 Å². The van der Waals surface area contributed by atoms with Crippen molar-refractivity contribution < 1.29 is 4.42 Å². The van der Waals surface area contributed by atoms with E-state index in [4.69, 9.17) is 19.4 Å². The molecular weight excluding hydrogens is 683 g/mol. The van der Waals surface area contributed by atoms with Crippen LogP contribution in [0.5, 0.6) is 0 Å². The molecule has 4 nitrogen and oxygen atoms in total. The van der Waals surface area contributed by atoms with E-state index in [-0.39, 0.29) is 0 Å². The molecule has 0 amide bonds. The molecule has 0 unspecified atom stereocenters. The Bertz CT molecular complexity index is 3140. The fourth-order valence-corrected chi connectivity index (χ4v) is 7.73. The third-order valence-electron chi connectivity index (χ3n) is 10.5. The van der Waals surface area contributed by atoms with Gasteiger partial charge in [-0.15, -0.1) is 0 Å². The Kier molecular flexibility index (Phi) is 8.34. The third-order valence-corrected chi connectivity index (χ3v) is 10.5. The van der Waals surface area contributed by atoms with Crippen molar-refractivity contribution in [2.75, 3.05) is 0 Å². The van der Waals surface area contributed by atoms with Crippen LogP contribution in [-0.2, 0) is 0 Å². The average Bonchev–Trinajstić information content (AvgIpc) is 3.66. The Hall–Kier alpha value is -7.43. The number of hydrogen-bond acceptors (Lipinski definition) is 4. The molecule has 0 aliphatic carbocycles. The van der Waals surface area contributed by atoms with Gasteiger partial charge >= 0.3 is 0 Å². The lowest BCUT2D eigenvalue weighted by Crippen LogP contribution is -2.00. The molecule has 0 N–H and O–H groups in total. The molecule has 0 bridgehead atoms. The van der Waals surface area contributed by atoms with Gasteiger partial charge in [0.05, 0.1) is 0 Å². The SMILES string of the molecule is C/C=C\C=C/c1ccc(-c2nc(-c3ccccc3)nc(-c3ccc(-c4ccc(-c5ccc6ccccc6c5)c5oc6ccccc6c45)c4ccccc34)n2)cc1. The number of rotatable bonds is 7. The van der Waals surface area contributed by atoms with Crippen molar-refractivity contribution in [3.63, 3.8) is 0 Å². The average molecular weight is 718 g/mol. The van der Waals surface area contributed by atoms with Crippen LogP contribution in [0.2, 0.25) is 0 Å². The van der Waals surface area contributed by atoms with Crippen molar-refractivity contribution in [2.24, 2.45) is 0 Å². The van der Waals surface area contributed by atoms with Crippen molar-refractivity contribution in [2.45, 2.75) is 6.92 Å². The molecule has 10 aromatic rings. The number of para-hydroxylation sites is 1. The van der Waals surface area contributed by atoms with Crippen molar-refractivity contribution in [1.82, 2.24) is 15.0 Å². The Morgan fingerprint density at radius 1 is 0.429 bits per heavy atom. The summed E-state index contributed by atoms with van der Waals surface area (Å²) in [5, 5.41) is 6.77. The van der Waals surface area contributed by atoms with Crippen molar-refractivity contribution in [3.8, 4) is 56.4 Å². The second-order valence-corrected chi connectivity index (χ2v) is 13.9. The van der Waals surface area contributed by atoms with Gasteiger partial charge in [0.15, 0.2) is 17.5 Å². The van der Waals surface area contributed by atoms with Gasteiger partial charge in [0.25, 0.3) is 0 Å². The molecule has 0 atom stereocenters. The number of nitrogens with zero attached hydrogens (tertiary/aromatic N) is 3. The summed E-state index contributed by atoms with van der Waals surface area (Å²) in [7, 11) is 0. The molecule has 4 heteroatoms. The lowest BCUT2D eigenvalue weighted by molar-refractivity contribution is 0.670. The summed E-state index contributed by atoms with van der Waals surface area (Å²) in [4.78, 5) is 15.2. The van der Waals surface area contributed by atoms with Gasteiger partial charge in [0.2, 0.25) is 0 Å². The molecule has 2 aromatic heterocycles. The van der Waals surface area contributed by atoms with Gasteiger partial charge in [-0.3, -0.25) is 0 Å². The van der Waals surface area contributed by atoms with Crippen LogP contribution in [0.1, 0.15) is 12.5 Å². The summed E-state index contributed by atoms with van der Waals surface area (Å²) in [5.41, 5.74) is 10.1. The summed E-state index contributed by atoms with van der Waals surface area (Å²) < 4.78 is 6.73. The van der Waals surface area contributed by atoms with Gasteiger partial charge in [0, 0.05) is 33.0 Å². The van der Waals surface area contributed by atoms with Crippen molar-refractivity contribution in [3.05, 3.63) is 194 Å². The van der Waals surface area contributed by atoms with Crippen LogP contribution in [0.3, 0.4) is 0 Å². The van der Waals surface area contributed by atoms with E-state index in [0.717, 1.165) is 77.2 Å². The lowest BCUT2D eigenvalue weighted by Gasteiger charge is -2.14. The van der Waals surface area contributed by atoms with Gasteiger partial charge in [-0.2, -0.15) is 0 Å². The molecule has 0 radical (unpaired) electrons. The van der Waals surface area contributed by atoms with Gasteiger partial charge in [0.1, 0.15) is 11.2 Å². The summed E-state index contributed by atoms with van der Waals surface area (Å²) in [6.45, 7) is 2.01. The molecule has 0 saturated carbocycles. The van der Waals surface area contributed by atoms with Gasteiger partial charge in [-0.25, -0.2) is 15.0 Å².